The van der Waals surface area contributed by atoms with Gasteiger partial charge in [0.15, 0.2) is 0 Å². The van der Waals surface area contributed by atoms with Gasteiger partial charge in [0.1, 0.15) is 0 Å². The molecule has 0 aliphatic carbocycles. The summed E-state index contributed by atoms with van der Waals surface area (Å²) < 4.78 is 8.20. The van der Waals surface area contributed by atoms with Gasteiger partial charge in [0.05, 0.1) is 14.1 Å². The van der Waals surface area contributed by atoms with E-state index in [1.807, 2.05) is 59.6 Å². The van der Waals surface area contributed by atoms with Gasteiger partial charge in [0.25, 0.3) is 0 Å². The molecule has 4 heterocycles. The number of pyridine rings is 1. The Kier molecular flexibility index (Phi) is 10.8. The van der Waals surface area contributed by atoms with E-state index in [9.17, 15) is 0 Å². The average molecular weight is 807 g/mol. The molecule has 0 spiro atoms. The minimum absolute atomic E-state index is 0. The van der Waals surface area contributed by atoms with Gasteiger partial charge in [-0.3, -0.25) is 4.98 Å². The third-order valence-electron chi connectivity index (χ3n) is 8.46. The van der Waals surface area contributed by atoms with Gasteiger partial charge in [0.2, 0.25) is 12.7 Å². The third-order valence-corrected chi connectivity index (χ3v) is 8.46. The summed E-state index contributed by atoms with van der Waals surface area (Å²) in [6, 6.07) is 39.1. The number of benzene rings is 4. The summed E-state index contributed by atoms with van der Waals surface area (Å²) in [6.07, 6.45) is 10.0. The van der Waals surface area contributed by atoms with Gasteiger partial charge in [0, 0.05) is 61.0 Å². The van der Waals surface area contributed by atoms with E-state index in [1.54, 1.807) is 12.4 Å². The fourth-order valence-electron chi connectivity index (χ4n) is 5.39. The summed E-state index contributed by atoms with van der Waals surface area (Å²) in [6.45, 7) is 8.43. The van der Waals surface area contributed by atoms with Gasteiger partial charge in [-0.1, -0.05) is 65.6 Å². The molecule has 0 saturated heterocycles. The van der Waals surface area contributed by atoms with E-state index in [0.717, 1.165) is 22.8 Å². The van der Waals surface area contributed by atoms with Crippen LogP contribution in [0, 0.1) is 52.5 Å². The Bertz CT molecular complexity index is 2130. The van der Waals surface area contributed by atoms with Gasteiger partial charge in [-0.05, 0) is 39.8 Å². The molecule has 0 unspecified atom stereocenters. The summed E-state index contributed by atoms with van der Waals surface area (Å²) in [5, 5.41) is 12.4. The van der Waals surface area contributed by atoms with Gasteiger partial charge < -0.3 is 28.5 Å². The van der Waals surface area contributed by atoms with Crippen LogP contribution < -0.4 is 14.2 Å². The van der Waals surface area contributed by atoms with Crippen LogP contribution in [0.25, 0.3) is 44.3 Å². The maximum Gasteiger partial charge on any atom is 0.241 e. The molecular formula is C40H36IrN7-3. The first kappa shape index (κ1) is 34.2. The number of hydrogen-bond donors (Lipinski definition) is 0. The van der Waals surface area contributed by atoms with E-state index in [0.29, 0.717) is 0 Å². The summed E-state index contributed by atoms with van der Waals surface area (Å²) in [5.74, 6) is 0. The van der Waals surface area contributed by atoms with E-state index in [2.05, 4.69) is 137 Å². The Balaban J connectivity index is 0.000000144. The fraction of sp³-hybridized carbons (Fsp3) is 0.150. The zero-order valence-corrected chi connectivity index (χ0v) is 30.3. The summed E-state index contributed by atoms with van der Waals surface area (Å²) >= 11 is 0. The van der Waals surface area contributed by atoms with Crippen molar-refractivity contribution in [3.8, 4) is 22.8 Å². The molecule has 0 saturated carbocycles. The largest absolute Gasteiger partial charge is 0.574 e. The Morgan fingerprint density at radius 3 is 1.52 bits per heavy atom. The first-order chi connectivity index (χ1) is 22.8. The molecule has 243 valence electrons. The van der Waals surface area contributed by atoms with Crippen LogP contribution in [0.1, 0.15) is 22.8 Å². The first-order valence-corrected chi connectivity index (χ1v) is 15.4. The second kappa shape index (κ2) is 15.2. The van der Waals surface area contributed by atoms with Gasteiger partial charge >= 0.3 is 0 Å². The number of aryl methyl sites for hydroxylation is 2. The number of rotatable bonds is 3. The first-order valence-electron chi connectivity index (χ1n) is 15.4. The minimum atomic E-state index is 0. The van der Waals surface area contributed by atoms with Crippen molar-refractivity contribution in [3.05, 3.63) is 157 Å². The molecule has 0 fully saturated rings. The van der Waals surface area contributed by atoms with Crippen molar-refractivity contribution in [2.24, 2.45) is 14.1 Å². The number of fused-ring (bicyclic) bond motifs is 2. The SMILES string of the molecule is Cc1c(C)[n+](C)[c-]n1-c1[c-]ccc2ccccc12.Cc1c(C)[n+](C)[c-]n1-c1[c-]ccc2ccccc12.[Ir].c1ccc(-c2ccn[n-]2)nc1. The van der Waals surface area contributed by atoms with Crippen LogP contribution in [0.5, 0.6) is 0 Å². The predicted molar refractivity (Wildman–Crippen MR) is 184 cm³/mol. The van der Waals surface area contributed by atoms with Crippen LogP contribution in [0.2, 0.25) is 0 Å². The van der Waals surface area contributed by atoms with Crippen molar-refractivity contribution in [2.45, 2.75) is 27.7 Å². The normalized spacial score (nSPS) is 10.5. The molecule has 4 aromatic heterocycles. The van der Waals surface area contributed by atoms with Crippen LogP contribution in [-0.4, -0.2) is 19.2 Å². The molecular weight excluding hydrogens is 771 g/mol. The standard InChI is InChI=1S/2C16H15N2.C8H6N3.Ir/c2*1-12-13(2)18(11-17(12)3)16-10-6-8-14-7-4-5-9-15(14)16;1-2-5-9-7(3-1)8-4-6-10-11-8;/h2*4-9H,1-3H3;1-6H;/q3*-1;. The molecule has 4 aromatic carbocycles. The molecule has 8 heteroatoms. The van der Waals surface area contributed by atoms with Crippen molar-refractivity contribution in [1.29, 1.82) is 0 Å². The minimum Gasteiger partial charge on any atom is -0.574 e. The van der Waals surface area contributed by atoms with E-state index in [4.69, 9.17) is 0 Å². The number of nitrogens with zero attached hydrogens (tertiary/aromatic N) is 7. The second-order valence-corrected chi connectivity index (χ2v) is 11.3. The Morgan fingerprint density at radius 1 is 0.604 bits per heavy atom. The smallest absolute Gasteiger partial charge is 0.241 e. The van der Waals surface area contributed by atoms with Crippen molar-refractivity contribution in [1.82, 2.24) is 24.3 Å². The van der Waals surface area contributed by atoms with E-state index in [1.165, 1.54) is 44.3 Å². The molecule has 0 atom stereocenters. The van der Waals surface area contributed by atoms with Crippen molar-refractivity contribution < 1.29 is 29.2 Å². The molecule has 8 aromatic rings. The topological polar surface area (TPSA) is 57.5 Å². The van der Waals surface area contributed by atoms with E-state index in [-0.39, 0.29) is 20.1 Å². The zero-order chi connectivity index (χ0) is 32.9. The van der Waals surface area contributed by atoms with Gasteiger partial charge in [-0.15, -0.1) is 33.7 Å². The van der Waals surface area contributed by atoms with Gasteiger partial charge in [-0.25, -0.2) is 0 Å². The maximum atomic E-state index is 4.12. The third kappa shape index (κ3) is 7.05. The van der Waals surface area contributed by atoms with E-state index < -0.39 is 0 Å². The monoisotopic (exact) mass is 807 g/mol. The van der Waals surface area contributed by atoms with Crippen molar-refractivity contribution in [3.63, 3.8) is 0 Å². The second-order valence-electron chi connectivity index (χ2n) is 11.3. The number of imidazole rings is 2. The fourth-order valence-corrected chi connectivity index (χ4v) is 5.39. The van der Waals surface area contributed by atoms with Crippen LogP contribution in [0.4, 0.5) is 0 Å². The molecule has 0 bridgehead atoms. The van der Waals surface area contributed by atoms with Crippen LogP contribution >= 0.6 is 0 Å². The van der Waals surface area contributed by atoms with E-state index >= 15 is 0 Å². The number of hydrogen-bond acceptors (Lipinski definition) is 2. The molecule has 0 aliphatic heterocycles. The Hall–Kier alpha value is -5.17. The molecule has 48 heavy (non-hydrogen) atoms. The summed E-state index contributed by atoms with van der Waals surface area (Å²) in [5.41, 5.74) is 8.65. The molecule has 0 N–H and O–H groups in total. The number of aromatic nitrogens is 7. The van der Waals surface area contributed by atoms with Crippen molar-refractivity contribution in [2.75, 3.05) is 0 Å². The van der Waals surface area contributed by atoms with Crippen LogP contribution in [-0.2, 0) is 34.2 Å². The summed E-state index contributed by atoms with van der Waals surface area (Å²) in [7, 11) is 4.04. The predicted octanol–water partition coefficient (Wildman–Crippen LogP) is 6.44. The molecule has 8 rings (SSSR count). The maximum absolute atomic E-state index is 4.12. The quantitative estimate of drug-likeness (QED) is 0.153. The average Bonchev–Trinajstić information content (AvgIpc) is 3.82. The van der Waals surface area contributed by atoms with Crippen LogP contribution in [0.3, 0.4) is 0 Å². The molecule has 0 aliphatic rings. The molecule has 0 amide bonds. The van der Waals surface area contributed by atoms with Gasteiger partial charge in [-0.2, -0.15) is 36.4 Å². The molecule has 1 radical (unpaired) electrons. The zero-order valence-electron chi connectivity index (χ0n) is 27.9. The van der Waals surface area contributed by atoms with Crippen LogP contribution in [0.15, 0.2) is 109 Å². The van der Waals surface area contributed by atoms with Crippen molar-refractivity contribution >= 4 is 21.5 Å². The summed E-state index contributed by atoms with van der Waals surface area (Å²) in [4.78, 5) is 4.12. The Labute approximate surface area is 295 Å². The Morgan fingerprint density at radius 2 is 1.10 bits per heavy atom. The molecule has 7 nitrogen and oxygen atoms in total.